The highest BCUT2D eigenvalue weighted by Crippen LogP contribution is 2.19. The fourth-order valence-corrected chi connectivity index (χ4v) is 1.22. The van der Waals surface area contributed by atoms with Crippen molar-refractivity contribution in [3.8, 4) is 0 Å². The largest absolute Gasteiger partial charge is 0.314 e. The van der Waals surface area contributed by atoms with Gasteiger partial charge in [-0.15, -0.1) is 0 Å². The van der Waals surface area contributed by atoms with Crippen LogP contribution in [0.1, 0.15) is 16.7 Å². The van der Waals surface area contributed by atoms with Crippen molar-refractivity contribution in [1.29, 1.82) is 0 Å². The minimum atomic E-state index is 1.07. The van der Waals surface area contributed by atoms with E-state index in [2.05, 4.69) is 32.9 Å². The van der Waals surface area contributed by atoms with Crippen LogP contribution in [0.25, 0.3) is 0 Å². The van der Waals surface area contributed by atoms with E-state index in [0.29, 0.717) is 0 Å². The normalized spacial score (nSPS) is 10.1. The molecule has 1 aromatic carbocycles. The quantitative estimate of drug-likeness (QED) is 0.507. The number of benzene rings is 1. The Labute approximate surface area is 74.0 Å². The summed E-state index contributed by atoms with van der Waals surface area (Å²) in [5.41, 5.74) is 5.00. The molecule has 0 amide bonds. The molecule has 0 saturated heterocycles. The number of anilines is 1. The Balaban J connectivity index is 3.21. The molecule has 0 bridgehead atoms. The summed E-state index contributed by atoms with van der Waals surface area (Å²) in [6.07, 6.45) is 0. The van der Waals surface area contributed by atoms with Crippen LogP contribution in [0.15, 0.2) is 12.1 Å². The first-order chi connectivity index (χ1) is 5.52. The molecule has 12 heavy (non-hydrogen) atoms. The second-order valence-electron chi connectivity index (χ2n) is 3.32. The number of nitrogens with zero attached hydrogens (tertiary/aromatic N) is 1. The number of rotatable bonds is 1. The molecule has 1 rings (SSSR count). The summed E-state index contributed by atoms with van der Waals surface area (Å²) >= 11 is 0. The van der Waals surface area contributed by atoms with Crippen LogP contribution in [0, 0.1) is 20.8 Å². The highest BCUT2D eigenvalue weighted by Gasteiger charge is 2.01. The van der Waals surface area contributed by atoms with Crippen molar-refractivity contribution in [2.75, 3.05) is 12.1 Å². The third-order valence-electron chi connectivity index (χ3n) is 2.32. The van der Waals surface area contributed by atoms with E-state index in [1.54, 1.807) is 5.01 Å². The zero-order valence-corrected chi connectivity index (χ0v) is 8.18. The highest BCUT2D eigenvalue weighted by atomic mass is 15.4. The van der Waals surface area contributed by atoms with E-state index in [9.17, 15) is 0 Å². The fraction of sp³-hybridized carbons (Fsp3) is 0.400. The van der Waals surface area contributed by atoms with Gasteiger partial charge < -0.3 is 5.01 Å². The van der Waals surface area contributed by atoms with E-state index in [0.717, 1.165) is 5.69 Å². The zero-order chi connectivity index (χ0) is 9.30. The molecule has 0 aliphatic heterocycles. The van der Waals surface area contributed by atoms with Gasteiger partial charge in [0, 0.05) is 7.05 Å². The maximum atomic E-state index is 5.63. The van der Waals surface area contributed by atoms with Crippen LogP contribution in [-0.2, 0) is 0 Å². The molecule has 0 radical (unpaired) electrons. The van der Waals surface area contributed by atoms with E-state index in [-0.39, 0.29) is 0 Å². The van der Waals surface area contributed by atoms with Gasteiger partial charge in [0.1, 0.15) is 0 Å². The molecule has 0 unspecified atom stereocenters. The Morgan fingerprint density at radius 3 is 1.83 bits per heavy atom. The average molecular weight is 164 g/mol. The Morgan fingerprint density at radius 2 is 1.50 bits per heavy atom. The average Bonchev–Trinajstić information content (AvgIpc) is 1.99. The standard InChI is InChI=1S/C10H16N2/c1-7-5-10(12(4)11)6-8(2)9(7)3/h5-6H,11H2,1-4H3. The van der Waals surface area contributed by atoms with Crippen molar-refractivity contribution >= 4 is 5.69 Å². The highest BCUT2D eigenvalue weighted by molar-refractivity contribution is 5.52. The van der Waals surface area contributed by atoms with Crippen LogP contribution >= 0.6 is 0 Å². The summed E-state index contributed by atoms with van der Waals surface area (Å²) in [5.74, 6) is 5.63. The number of hydrogen-bond acceptors (Lipinski definition) is 2. The van der Waals surface area contributed by atoms with Gasteiger partial charge >= 0.3 is 0 Å². The molecule has 2 heteroatoms. The molecular weight excluding hydrogens is 148 g/mol. The van der Waals surface area contributed by atoms with Gasteiger partial charge in [-0.2, -0.15) is 0 Å². The molecule has 1 aromatic rings. The van der Waals surface area contributed by atoms with Crippen LogP contribution in [-0.4, -0.2) is 7.05 Å². The van der Waals surface area contributed by atoms with Gasteiger partial charge in [-0.1, -0.05) is 0 Å². The fourth-order valence-electron chi connectivity index (χ4n) is 1.22. The summed E-state index contributed by atoms with van der Waals surface area (Å²) < 4.78 is 0. The summed E-state index contributed by atoms with van der Waals surface area (Å²) in [6.45, 7) is 6.34. The van der Waals surface area contributed by atoms with Crippen molar-refractivity contribution in [2.45, 2.75) is 20.8 Å². The molecule has 0 aromatic heterocycles. The third kappa shape index (κ3) is 1.59. The van der Waals surface area contributed by atoms with Crippen molar-refractivity contribution in [2.24, 2.45) is 5.84 Å². The van der Waals surface area contributed by atoms with E-state index in [4.69, 9.17) is 5.84 Å². The zero-order valence-electron chi connectivity index (χ0n) is 8.18. The van der Waals surface area contributed by atoms with E-state index in [1.807, 2.05) is 7.05 Å². The molecule has 0 atom stereocenters. The monoisotopic (exact) mass is 164 g/mol. The lowest BCUT2D eigenvalue weighted by atomic mass is 10.0. The molecular formula is C10H16N2. The first-order valence-corrected chi connectivity index (χ1v) is 4.08. The van der Waals surface area contributed by atoms with Gasteiger partial charge in [0.2, 0.25) is 0 Å². The van der Waals surface area contributed by atoms with Crippen molar-refractivity contribution < 1.29 is 0 Å². The van der Waals surface area contributed by atoms with Gasteiger partial charge in [0.15, 0.2) is 0 Å². The van der Waals surface area contributed by atoms with Crippen LogP contribution in [0.4, 0.5) is 5.69 Å². The molecule has 0 saturated carbocycles. The minimum Gasteiger partial charge on any atom is -0.314 e. The van der Waals surface area contributed by atoms with Crippen molar-refractivity contribution in [1.82, 2.24) is 0 Å². The van der Waals surface area contributed by atoms with E-state index >= 15 is 0 Å². The third-order valence-corrected chi connectivity index (χ3v) is 2.32. The Bertz CT molecular complexity index is 267. The van der Waals surface area contributed by atoms with Crippen LogP contribution in [0.2, 0.25) is 0 Å². The molecule has 2 nitrogen and oxygen atoms in total. The Hall–Kier alpha value is -1.02. The number of nitrogens with two attached hydrogens (primary N) is 1. The second-order valence-corrected chi connectivity index (χ2v) is 3.32. The summed E-state index contributed by atoms with van der Waals surface area (Å²) in [6, 6.07) is 4.20. The first-order valence-electron chi connectivity index (χ1n) is 4.08. The molecule has 0 fully saturated rings. The molecule has 2 N–H and O–H groups in total. The van der Waals surface area contributed by atoms with Crippen LogP contribution in [0.3, 0.4) is 0 Å². The number of hydrazine groups is 1. The summed E-state index contributed by atoms with van der Waals surface area (Å²) in [7, 11) is 1.85. The summed E-state index contributed by atoms with van der Waals surface area (Å²) in [5, 5.41) is 1.64. The van der Waals surface area contributed by atoms with Crippen molar-refractivity contribution in [3.05, 3.63) is 28.8 Å². The van der Waals surface area contributed by atoms with Crippen LogP contribution < -0.4 is 10.9 Å². The van der Waals surface area contributed by atoms with Gasteiger partial charge in [0.05, 0.1) is 5.69 Å². The van der Waals surface area contributed by atoms with Gasteiger partial charge in [-0.3, -0.25) is 0 Å². The molecule has 0 aliphatic carbocycles. The Kier molecular flexibility index (Phi) is 2.38. The lowest BCUT2D eigenvalue weighted by Gasteiger charge is -2.15. The molecule has 0 spiro atoms. The Morgan fingerprint density at radius 1 is 1.08 bits per heavy atom. The van der Waals surface area contributed by atoms with Crippen molar-refractivity contribution in [3.63, 3.8) is 0 Å². The number of hydrogen-bond donors (Lipinski definition) is 1. The van der Waals surface area contributed by atoms with Gasteiger partial charge in [0.25, 0.3) is 0 Å². The van der Waals surface area contributed by atoms with E-state index in [1.165, 1.54) is 16.7 Å². The SMILES string of the molecule is Cc1cc(N(C)N)cc(C)c1C. The predicted molar refractivity (Wildman–Crippen MR) is 53.2 cm³/mol. The number of aryl methyl sites for hydroxylation is 2. The molecule has 0 heterocycles. The maximum absolute atomic E-state index is 5.63. The maximum Gasteiger partial charge on any atom is 0.0519 e. The smallest absolute Gasteiger partial charge is 0.0519 e. The molecule has 0 aliphatic rings. The lowest BCUT2D eigenvalue weighted by molar-refractivity contribution is 1.01. The van der Waals surface area contributed by atoms with Gasteiger partial charge in [-0.05, 0) is 49.6 Å². The van der Waals surface area contributed by atoms with E-state index < -0.39 is 0 Å². The van der Waals surface area contributed by atoms with Crippen LogP contribution in [0.5, 0.6) is 0 Å². The second kappa shape index (κ2) is 3.15. The van der Waals surface area contributed by atoms with Gasteiger partial charge in [-0.25, -0.2) is 5.84 Å². The molecule has 66 valence electrons. The minimum absolute atomic E-state index is 1.07. The lowest BCUT2D eigenvalue weighted by Crippen LogP contribution is -2.25. The topological polar surface area (TPSA) is 29.3 Å². The predicted octanol–water partition coefficient (Wildman–Crippen LogP) is 1.92. The summed E-state index contributed by atoms with van der Waals surface area (Å²) in [4.78, 5) is 0. The first kappa shape index (κ1) is 9.07.